The SMILES string of the molecule is CCOC(=O)CCc1cc2c(F)cc(F)cc2[nH]c1=O. The summed E-state index contributed by atoms with van der Waals surface area (Å²) in [4.78, 5) is 25.4. The van der Waals surface area contributed by atoms with Crippen molar-refractivity contribution in [3.63, 3.8) is 0 Å². The average Bonchev–Trinajstić information content (AvgIpc) is 2.36. The summed E-state index contributed by atoms with van der Waals surface area (Å²) in [7, 11) is 0. The molecule has 0 amide bonds. The summed E-state index contributed by atoms with van der Waals surface area (Å²) in [6.07, 6.45) is 0.173. The first-order chi connectivity index (χ1) is 9.51. The van der Waals surface area contributed by atoms with Crippen molar-refractivity contribution in [2.45, 2.75) is 19.8 Å². The third kappa shape index (κ3) is 3.01. The fourth-order valence-corrected chi connectivity index (χ4v) is 1.93. The molecule has 2 aromatic rings. The number of fused-ring (bicyclic) bond motifs is 1. The van der Waals surface area contributed by atoms with Crippen LogP contribution in [0.1, 0.15) is 18.9 Å². The fourth-order valence-electron chi connectivity index (χ4n) is 1.93. The van der Waals surface area contributed by atoms with E-state index in [4.69, 9.17) is 4.74 Å². The predicted octanol–water partition coefficient (Wildman–Crippen LogP) is 2.30. The number of hydrogen-bond donors (Lipinski definition) is 1. The van der Waals surface area contributed by atoms with E-state index in [1.54, 1.807) is 6.92 Å². The van der Waals surface area contributed by atoms with E-state index >= 15 is 0 Å². The molecule has 2 rings (SSSR count). The second-order valence-electron chi connectivity index (χ2n) is 4.28. The number of aromatic nitrogens is 1. The van der Waals surface area contributed by atoms with E-state index in [0.717, 1.165) is 12.1 Å². The predicted molar refractivity (Wildman–Crippen MR) is 69.4 cm³/mol. The Kier molecular flexibility index (Phi) is 4.12. The summed E-state index contributed by atoms with van der Waals surface area (Å²) in [6, 6.07) is 3.13. The molecule has 0 unspecified atom stereocenters. The lowest BCUT2D eigenvalue weighted by Crippen LogP contribution is -2.15. The first-order valence-electron chi connectivity index (χ1n) is 6.18. The Morgan fingerprint density at radius 1 is 1.30 bits per heavy atom. The second kappa shape index (κ2) is 5.81. The smallest absolute Gasteiger partial charge is 0.306 e. The second-order valence-corrected chi connectivity index (χ2v) is 4.28. The summed E-state index contributed by atoms with van der Waals surface area (Å²) in [5.41, 5.74) is -0.116. The molecular weight excluding hydrogens is 268 g/mol. The topological polar surface area (TPSA) is 59.2 Å². The summed E-state index contributed by atoms with van der Waals surface area (Å²) in [5.74, 6) is -1.94. The maximum absolute atomic E-state index is 13.6. The van der Waals surface area contributed by atoms with Crippen LogP contribution in [0, 0.1) is 11.6 Å². The minimum Gasteiger partial charge on any atom is -0.466 e. The third-order valence-electron chi connectivity index (χ3n) is 2.86. The van der Waals surface area contributed by atoms with Crippen LogP contribution in [-0.4, -0.2) is 17.6 Å². The Labute approximate surface area is 113 Å². The van der Waals surface area contributed by atoms with Gasteiger partial charge in [0.05, 0.1) is 12.1 Å². The van der Waals surface area contributed by atoms with Crippen molar-refractivity contribution in [2.75, 3.05) is 6.61 Å². The van der Waals surface area contributed by atoms with Crippen molar-refractivity contribution in [1.29, 1.82) is 0 Å². The van der Waals surface area contributed by atoms with Gasteiger partial charge in [0, 0.05) is 23.4 Å². The molecule has 0 saturated carbocycles. The van der Waals surface area contributed by atoms with Gasteiger partial charge in [-0.3, -0.25) is 9.59 Å². The molecule has 0 saturated heterocycles. The third-order valence-corrected chi connectivity index (χ3v) is 2.86. The maximum atomic E-state index is 13.6. The van der Waals surface area contributed by atoms with Gasteiger partial charge in [-0.2, -0.15) is 0 Å². The molecule has 0 spiro atoms. The van der Waals surface area contributed by atoms with Crippen molar-refractivity contribution >= 4 is 16.9 Å². The summed E-state index contributed by atoms with van der Waals surface area (Å²) in [6.45, 7) is 1.95. The summed E-state index contributed by atoms with van der Waals surface area (Å²) in [5, 5.41) is 0.116. The number of carbonyl (C=O) groups is 1. The summed E-state index contributed by atoms with van der Waals surface area (Å²) < 4.78 is 31.4. The molecule has 0 atom stereocenters. The molecule has 20 heavy (non-hydrogen) atoms. The number of aromatic amines is 1. The van der Waals surface area contributed by atoms with E-state index in [1.165, 1.54) is 6.07 Å². The van der Waals surface area contributed by atoms with Crippen LogP contribution in [0.2, 0.25) is 0 Å². The van der Waals surface area contributed by atoms with Crippen molar-refractivity contribution in [3.8, 4) is 0 Å². The molecule has 0 radical (unpaired) electrons. The molecule has 1 aromatic heterocycles. The molecule has 0 bridgehead atoms. The van der Waals surface area contributed by atoms with Gasteiger partial charge in [-0.25, -0.2) is 8.78 Å². The van der Waals surface area contributed by atoms with Crippen molar-refractivity contribution in [1.82, 2.24) is 4.98 Å². The minimum atomic E-state index is -0.759. The fraction of sp³-hybridized carbons (Fsp3) is 0.286. The lowest BCUT2D eigenvalue weighted by molar-refractivity contribution is -0.143. The van der Waals surface area contributed by atoms with Gasteiger partial charge in [0.25, 0.3) is 5.56 Å². The Morgan fingerprint density at radius 2 is 2.05 bits per heavy atom. The standard InChI is InChI=1S/C14H13F2NO3/c1-2-20-13(18)4-3-8-5-10-11(16)6-9(15)7-12(10)17-14(8)19/h5-7H,2-4H2,1H3,(H,17,19). The minimum absolute atomic E-state index is 0.0330. The van der Waals surface area contributed by atoms with Crippen LogP contribution < -0.4 is 5.56 Å². The molecule has 1 aromatic carbocycles. The zero-order chi connectivity index (χ0) is 14.7. The highest BCUT2D eigenvalue weighted by atomic mass is 19.1. The number of aryl methyl sites for hydroxylation is 1. The largest absolute Gasteiger partial charge is 0.466 e. The van der Waals surface area contributed by atoms with Gasteiger partial charge in [-0.15, -0.1) is 0 Å². The molecule has 0 fully saturated rings. The highest BCUT2D eigenvalue weighted by Crippen LogP contribution is 2.17. The van der Waals surface area contributed by atoms with Gasteiger partial charge < -0.3 is 9.72 Å². The highest BCUT2D eigenvalue weighted by Gasteiger charge is 2.10. The number of pyridine rings is 1. The lowest BCUT2D eigenvalue weighted by Gasteiger charge is -2.05. The van der Waals surface area contributed by atoms with Crippen LogP contribution in [0.4, 0.5) is 8.78 Å². The van der Waals surface area contributed by atoms with Gasteiger partial charge in [-0.05, 0) is 25.5 Å². The molecule has 0 aliphatic heterocycles. The van der Waals surface area contributed by atoms with Crippen LogP contribution in [0.15, 0.2) is 23.0 Å². The lowest BCUT2D eigenvalue weighted by atomic mass is 10.1. The first kappa shape index (κ1) is 14.2. The van der Waals surface area contributed by atoms with E-state index < -0.39 is 23.2 Å². The number of halogens is 2. The molecule has 106 valence electrons. The number of nitrogens with one attached hydrogen (secondary N) is 1. The van der Waals surface area contributed by atoms with Gasteiger partial charge in [-0.1, -0.05) is 0 Å². The number of H-pyrrole nitrogens is 1. The van der Waals surface area contributed by atoms with E-state index in [9.17, 15) is 18.4 Å². The van der Waals surface area contributed by atoms with Gasteiger partial charge >= 0.3 is 5.97 Å². The van der Waals surface area contributed by atoms with Gasteiger partial charge in [0.15, 0.2) is 0 Å². The molecule has 0 aliphatic carbocycles. The van der Waals surface area contributed by atoms with Crippen LogP contribution in [0.25, 0.3) is 10.9 Å². The van der Waals surface area contributed by atoms with Crippen LogP contribution >= 0.6 is 0 Å². The molecule has 4 nitrogen and oxygen atoms in total. The summed E-state index contributed by atoms with van der Waals surface area (Å²) >= 11 is 0. The van der Waals surface area contributed by atoms with E-state index in [-0.39, 0.29) is 35.9 Å². The molecular formula is C14H13F2NO3. The number of esters is 1. The zero-order valence-electron chi connectivity index (χ0n) is 10.8. The number of rotatable bonds is 4. The Morgan fingerprint density at radius 3 is 2.75 bits per heavy atom. The maximum Gasteiger partial charge on any atom is 0.306 e. The van der Waals surface area contributed by atoms with E-state index in [1.807, 2.05) is 0 Å². The Hall–Kier alpha value is -2.24. The van der Waals surface area contributed by atoms with Crippen LogP contribution in [-0.2, 0) is 16.0 Å². The Balaban J connectivity index is 2.33. The van der Waals surface area contributed by atoms with E-state index in [0.29, 0.717) is 0 Å². The van der Waals surface area contributed by atoms with Crippen LogP contribution in [0.5, 0.6) is 0 Å². The van der Waals surface area contributed by atoms with Crippen molar-refractivity contribution < 1.29 is 18.3 Å². The molecule has 0 aliphatic rings. The number of hydrogen-bond acceptors (Lipinski definition) is 3. The highest BCUT2D eigenvalue weighted by molar-refractivity contribution is 5.80. The van der Waals surface area contributed by atoms with E-state index in [2.05, 4.69) is 4.98 Å². The zero-order valence-corrected chi connectivity index (χ0v) is 10.8. The normalized spacial score (nSPS) is 10.8. The monoisotopic (exact) mass is 281 g/mol. The first-order valence-corrected chi connectivity index (χ1v) is 6.18. The van der Waals surface area contributed by atoms with Crippen molar-refractivity contribution in [3.05, 3.63) is 45.8 Å². The molecule has 6 heteroatoms. The molecule has 1 heterocycles. The molecule has 1 N–H and O–H groups in total. The van der Waals surface area contributed by atoms with Crippen molar-refractivity contribution in [2.24, 2.45) is 0 Å². The number of carbonyl (C=O) groups excluding carboxylic acids is 1. The average molecular weight is 281 g/mol. The van der Waals surface area contributed by atoms with Crippen LogP contribution in [0.3, 0.4) is 0 Å². The quantitative estimate of drug-likeness (QED) is 0.875. The number of ether oxygens (including phenoxy) is 1. The number of benzene rings is 1. The van der Waals surface area contributed by atoms with Gasteiger partial charge in [0.1, 0.15) is 11.6 Å². The van der Waals surface area contributed by atoms with Gasteiger partial charge in [0.2, 0.25) is 0 Å². The Bertz CT molecular complexity index is 709.